The summed E-state index contributed by atoms with van der Waals surface area (Å²) in [6.45, 7) is 1.09. The van der Waals surface area contributed by atoms with E-state index in [2.05, 4.69) is 15.3 Å². The van der Waals surface area contributed by atoms with Crippen molar-refractivity contribution in [2.75, 3.05) is 6.54 Å². The topological polar surface area (TPSA) is 40.7 Å². The van der Waals surface area contributed by atoms with Gasteiger partial charge < -0.3 is 10.3 Å². The molecule has 3 rings (SSSR count). The summed E-state index contributed by atoms with van der Waals surface area (Å²) in [5.41, 5.74) is 2.02. The molecule has 0 amide bonds. The average Bonchev–Trinajstić information content (AvgIpc) is 2.73. The maximum Gasteiger partial charge on any atom is 0.124 e. The number of aromatic amines is 1. The molecule has 3 nitrogen and oxygen atoms in total. The van der Waals surface area contributed by atoms with Gasteiger partial charge in [-0.2, -0.15) is 0 Å². The van der Waals surface area contributed by atoms with E-state index < -0.39 is 0 Å². The second kappa shape index (κ2) is 4.07. The van der Waals surface area contributed by atoms with Crippen molar-refractivity contribution in [2.45, 2.75) is 25.3 Å². The zero-order chi connectivity index (χ0) is 11.0. The quantitative estimate of drug-likeness (QED) is 0.798. The zero-order valence-corrected chi connectivity index (χ0v) is 9.72. The fourth-order valence-electron chi connectivity index (χ4n) is 2.25. The maximum atomic E-state index is 5.95. The lowest BCUT2D eigenvalue weighted by molar-refractivity contribution is 0.400. The van der Waals surface area contributed by atoms with E-state index in [-0.39, 0.29) is 0 Å². The van der Waals surface area contributed by atoms with Crippen LogP contribution >= 0.6 is 11.6 Å². The molecule has 1 aromatic carbocycles. The molecule has 1 atom stereocenters. The Hall–Kier alpha value is -1.06. The molecule has 4 heteroatoms. The number of nitrogens with one attached hydrogen (secondary N) is 2. The molecule has 0 bridgehead atoms. The summed E-state index contributed by atoms with van der Waals surface area (Å²) in [6.07, 6.45) is 3.70. The minimum absolute atomic E-state index is 0.375. The Morgan fingerprint density at radius 2 is 2.25 bits per heavy atom. The highest BCUT2D eigenvalue weighted by molar-refractivity contribution is 6.31. The molecule has 0 radical (unpaired) electrons. The molecule has 1 aliphatic rings. The molecule has 0 aliphatic carbocycles. The Morgan fingerprint density at radius 1 is 1.31 bits per heavy atom. The average molecular weight is 236 g/mol. The third kappa shape index (κ3) is 1.81. The summed E-state index contributed by atoms with van der Waals surface area (Å²) < 4.78 is 0. The van der Waals surface area contributed by atoms with E-state index in [1.165, 1.54) is 12.8 Å². The van der Waals surface area contributed by atoms with Crippen LogP contribution in [0.15, 0.2) is 18.2 Å². The van der Waals surface area contributed by atoms with E-state index in [1.807, 2.05) is 18.2 Å². The van der Waals surface area contributed by atoms with Crippen LogP contribution in [0.3, 0.4) is 0 Å². The van der Waals surface area contributed by atoms with E-state index in [1.54, 1.807) is 0 Å². The number of hydrogen-bond donors (Lipinski definition) is 2. The molecule has 0 saturated carbocycles. The van der Waals surface area contributed by atoms with Crippen LogP contribution < -0.4 is 5.32 Å². The van der Waals surface area contributed by atoms with E-state index >= 15 is 0 Å². The summed E-state index contributed by atoms with van der Waals surface area (Å²) in [5.74, 6) is 1.04. The van der Waals surface area contributed by atoms with Crippen molar-refractivity contribution < 1.29 is 0 Å². The van der Waals surface area contributed by atoms with Crippen LogP contribution in [0, 0.1) is 0 Å². The first-order chi connectivity index (χ1) is 7.83. The number of imidazole rings is 1. The summed E-state index contributed by atoms with van der Waals surface area (Å²) in [4.78, 5) is 7.95. The van der Waals surface area contributed by atoms with Crippen molar-refractivity contribution in [1.82, 2.24) is 15.3 Å². The lowest BCUT2D eigenvalue weighted by atomic mass is 10.0. The van der Waals surface area contributed by atoms with E-state index in [9.17, 15) is 0 Å². The first-order valence-electron chi connectivity index (χ1n) is 5.71. The fourth-order valence-corrected chi connectivity index (χ4v) is 2.42. The normalized spacial score (nSPS) is 21.4. The van der Waals surface area contributed by atoms with Gasteiger partial charge >= 0.3 is 0 Å². The summed E-state index contributed by atoms with van der Waals surface area (Å²) in [5, 5.41) is 4.23. The van der Waals surface area contributed by atoms with Crippen molar-refractivity contribution in [3.8, 4) is 0 Å². The van der Waals surface area contributed by atoms with Crippen LogP contribution in [-0.4, -0.2) is 16.5 Å². The largest absolute Gasteiger partial charge is 0.341 e. The summed E-state index contributed by atoms with van der Waals surface area (Å²) in [7, 11) is 0. The molecular formula is C12H14ClN3. The molecule has 1 fully saturated rings. The molecule has 1 aliphatic heterocycles. The lowest BCUT2D eigenvalue weighted by Crippen LogP contribution is -2.27. The van der Waals surface area contributed by atoms with Crippen molar-refractivity contribution in [2.24, 2.45) is 0 Å². The fraction of sp³-hybridized carbons (Fsp3) is 0.417. The maximum absolute atomic E-state index is 5.95. The number of fused-ring (bicyclic) bond motifs is 1. The van der Waals surface area contributed by atoms with Crippen molar-refractivity contribution in [1.29, 1.82) is 0 Å². The van der Waals surface area contributed by atoms with Gasteiger partial charge in [0.25, 0.3) is 0 Å². The van der Waals surface area contributed by atoms with Crippen molar-refractivity contribution in [3.05, 3.63) is 29.0 Å². The number of nitrogens with zero attached hydrogens (tertiary/aromatic N) is 1. The molecule has 2 aromatic rings. The second-order valence-corrected chi connectivity index (χ2v) is 4.72. The van der Waals surface area contributed by atoms with E-state index in [0.717, 1.165) is 34.8 Å². The van der Waals surface area contributed by atoms with Gasteiger partial charge in [0, 0.05) is 5.02 Å². The van der Waals surface area contributed by atoms with Gasteiger partial charge in [-0.3, -0.25) is 0 Å². The third-order valence-electron chi connectivity index (χ3n) is 3.10. The van der Waals surface area contributed by atoms with Gasteiger partial charge in [0.2, 0.25) is 0 Å². The smallest absolute Gasteiger partial charge is 0.124 e. The van der Waals surface area contributed by atoms with Gasteiger partial charge in [-0.05, 0) is 37.6 Å². The molecular weight excluding hydrogens is 222 g/mol. The van der Waals surface area contributed by atoms with Crippen LogP contribution in [0.25, 0.3) is 11.0 Å². The summed E-state index contributed by atoms with van der Waals surface area (Å²) in [6, 6.07) is 6.14. The van der Waals surface area contributed by atoms with Gasteiger partial charge in [0.1, 0.15) is 5.82 Å². The number of benzene rings is 1. The highest BCUT2D eigenvalue weighted by Crippen LogP contribution is 2.24. The van der Waals surface area contributed by atoms with Crippen LogP contribution in [0.4, 0.5) is 0 Å². The highest BCUT2D eigenvalue weighted by Gasteiger charge is 2.17. The lowest BCUT2D eigenvalue weighted by Gasteiger charge is -2.21. The van der Waals surface area contributed by atoms with Crippen molar-refractivity contribution in [3.63, 3.8) is 0 Å². The molecule has 1 saturated heterocycles. The number of hydrogen-bond acceptors (Lipinski definition) is 2. The number of aromatic nitrogens is 2. The second-order valence-electron chi connectivity index (χ2n) is 4.29. The van der Waals surface area contributed by atoms with Gasteiger partial charge in [-0.1, -0.05) is 18.0 Å². The van der Waals surface area contributed by atoms with Gasteiger partial charge in [0.05, 0.1) is 17.1 Å². The Morgan fingerprint density at radius 3 is 3.06 bits per heavy atom. The van der Waals surface area contributed by atoms with E-state index in [0.29, 0.717) is 6.04 Å². The number of H-pyrrole nitrogens is 1. The molecule has 16 heavy (non-hydrogen) atoms. The molecule has 1 aromatic heterocycles. The van der Waals surface area contributed by atoms with Gasteiger partial charge in [-0.25, -0.2) is 4.98 Å². The predicted molar refractivity (Wildman–Crippen MR) is 65.7 cm³/mol. The van der Waals surface area contributed by atoms with Crippen molar-refractivity contribution >= 4 is 22.6 Å². The molecule has 2 heterocycles. The monoisotopic (exact) mass is 235 g/mol. The Kier molecular flexibility index (Phi) is 2.58. The number of piperidine rings is 1. The molecule has 0 unspecified atom stereocenters. The predicted octanol–water partition coefficient (Wildman–Crippen LogP) is 3.03. The third-order valence-corrected chi connectivity index (χ3v) is 3.34. The standard InChI is InChI=1S/C12H14ClN3/c13-8-4-5-9-11(7-8)16-12(15-9)10-3-1-2-6-14-10/h4-5,7,10,14H,1-3,6H2,(H,15,16)/t10-/m1/s1. The minimum atomic E-state index is 0.375. The Labute approximate surface area is 99.2 Å². The summed E-state index contributed by atoms with van der Waals surface area (Å²) >= 11 is 5.95. The first-order valence-corrected chi connectivity index (χ1v) is 6.09. The number of halogens is 1. The van der Waals surface area contributed by atoms with Gasteiger partial charge in [0.15, 0.2) is 0 Å². The Bertz CT molecular complexity index is 500. The first kappa shape index (κ1) is 10.1. The van der Waals surface area contributed by atoms with Crippen LogP contribution in [0.1, 0.15) is 31.1 Å². The minimum Gasteiger partial charge on any atom is -0.341 e. The zero-order valence-electron chi connectivity index (χ0n) is 8.96. The Balaban J connectivity index is 1.97. The van der Waals surface area contributed by atoms with Crippen LogP contribution in [0.5, 0.6) is 0 Å². The SMILES string of the molecule is Clc1ccc2nc([C@H]3CCCCN3)[nH]c2c1. The number of rotatable bonds is 1. The van der Waals surface area contributed by atoms with Crippen LogP contribution in [-0.2, 0) is 0 Å². The molecule has 84 valence electrons. The molecule has 0 spiro atoms. The van der Waals surface area contributed by atoms with E-state index in [4.69, 9.17) is 11.6 Å². The highest BCUT2D eigenvalue weighted by atomic mass is 35.5. The molecule has 2 N–H and O–H groups in total. The van der Waals surface area contributed by atoms with Gasteiger partial charge in [-0.15, -0.1) is 0 Å². The van der Waals surface area contributed by atoms with Crippen LogP contribution in [0.2, 0.25) is 5.02 Å².